The molecule has 1 fully saturated rings. The zero-order valence-electron chi connectivity index (χ0n) is 8.29. The van der Waals surface area contributed by atoms with E-state index in [9.17, 15) is 5.11 Å². The fraction of sp³-hybridized carbons (Fsp3) is 1.00. The van der Waals surface area contributed by atoms with Crippen molar-refractivity contribution in [3.05, 3.63) is 0 Å². The van der Waals surface area contributed by atoms with Crippen LogP contribution < -0.4 is 0 Å². The largest absolute Gasteiger partial charge is 0.393 e. The second-order valence-corrected chi connectivity index (χ2v) is 4.20. The normalized spacial score (nSPS) is 22.0. The molecule has 2 heteroatoms. The van der Waals surface area contributed by atoms with Crippen LogP contribution in [0, 0.1) is 5.92 Å². The molecule has 1 atom stereocenters. The van der Waals surface area contributed by atoms with Crippen LogP contribution in [-0.2, 0) is 0 Å². The van der Waals surface area contributed by atoms with Crippen LogP contribution in [0.25, 0.3) is 0 Å². The first-order valence-corrected chi connectivity index (χ1v) is 5.03. The number of nitrogens with zero attached hydrogens (tertiary/aromatic N) is 1. The summed E-state index contributed by atoms with van der Waals surface area (Å²) in [4.78, 5) is 2.14. The van der Waals surface area contributed by atoms with E-state index in [0.717, 1.165) is 13.0 Å². The summed E-state index contributed by atoms with van der Waals surface area (Å²) in [7, 11) is 4.11. The van der Waals surface area contributed by atoms with Gasteiger partial charge in [0.25, 0.3) is 0 Å². The Morgan fingerprint density at radius 3 is 2.42 bits per heavy atom. The summed E-state index contributed by atoms with van der Waals surface area (Å²) in [6, 6.07) is 0. The Labute approximate surface area is 75.6 Å². The van der Waals surface area contributed by atoms with Crippen LogP contribution in [0.1, 0.15) is 32.1 Å². The van der Waals surface area contributed by atoms with Gasteiger partial charge in [0, 0.05) is 0 Å². The summed E-state index contributed by atoms with van der Waals surface area (Å²) < 4.78 is 0. The lowest BCUT2D eigenvalue weighted by atomic mass is 9.98. The quantitative estimate of drug-likeness (QED) is 0.692. The molecule has 1 aliphatic carbocycles. The minimum Gasteiger partial charge on any atom is -0.393 e. The summed E-state index contributed by atoms with van der Waals surface area (Å²) >= 11 is 0. The number of aliphatic hydroxyl groups excluding tert-OH is 1. The molecule has 0 radical (unpaired) electrons. The maximum Gasteiger partial charge on any atom is 0.0580 e. The Morgan fingerprint density at radius 2 is 1.92 bits per heavy atom. The molecule has 12 heavy (non-hydrogen) atoms. The lowest BCUT2D eigenvalue weighted by Gasteiger charge is -2.19. The number of aliphatic hydroxyl groups is 1. The van der Waals surface area contributed by atoms with Crippen molar-refractivity contribution < 1.29 is 5.11 Å². The highest BCUT2D eigenvalue weighted by atomic mass is 16.3. The third-order valence-electron chi connectivity index (χ3n) is 2.82. The first kappa shape index (κ1) is 10.0. The lowest BCUT2D eigenvalue weighted by Crippen LogP contribution is -2.24. The molecule has 0 bridgehead atoms. The summed E-state index contributed by atoms with van der Waals surface area (Å²) in [6.45, 7) is 1.01. The van der Waals surface area contributed by atoms with Crippen LogP contribution in [-0.4, -0.2) is 36.8 Å². The van der Waals surface area contributed by atoms with Gasteiger partial charge in [-0.05, 0) is 45.8 Å². The fourth-order valence-corrected chi connectivity index (χ4v) is 1.97. The van der Waals surface area contributed by atoms with Crippen LogP contribution in [0.15, 0.2) is 0 Å². The van der Waals surface area contributed by atoms with Crippen LogP contribution in [0.3, 0.4) is 0 Å². The summed E-state index contributed by atoms with van der Waals surface area (Å²) in [5.41, 5.74) is 0. The van der Waals surface area contributed by atoms with Crippen molar-refractivity contribution in [2.45, 2.75) is 38.2 Å². The summed E-state index contributed by atoms with van der Waals surface area (Å²) in [5, 5.41) is 9.77. The minimum atomic E-state index is -0.0464. The molecule has 0 spiro atoms. The molecular formula is C10H21NO. The van der Waals surface area contributed by atoms with Crippen molar-refractivity contribution in [2.24, 2.45) is 5.92 Å². The van der Waals surface area contributed by atoms with Gasteiger partial charge in [0.15, 0.2) is 0 Å². The Hall–Kier alpha value is -0.0800. The lowest BCUT2D eigenvalue weighted by molar-refractivity contribution is 0.0937. The molecule has 1 aliphatic rings. The first-order valence-electron chi connectivity index (χ1n) is 5.03. The van der Waals surface area contributed by atoms with Gasteiger partial charge in [-0.25, -0.2) is 0 Å². The van der Waals surface area contributed by atoms with Crippen molar-refractivity contribution in [1.29, 1.82) is 0 Å². The summed E-state index contributed by atoms with van der Waals surface area (Å²) in [5.74, 6) is 0.602. The maximum absolute atomic E-state index is 9.77. The second kappa shape index (κ2) is 4.83. The molecule has 1 unspecified atom stereocenters. The highest BCUT2D eigenvalue weighted by molar-refractivity contribution is 4.74. The van der Waals surface area contributed by atoms with Crippen LogP contribution in [0.2, 0.25) is 0 Å². The summed E-state index contributed by atoms with van der Waals surface area (Å²) in [6.07, 6.45) is 6.03. The molecule has 72 valence electrons. The predicted molar refractivity (Wildman–Crippen MR) is 51.1 cm³/mol. The molecular weight excluding hydrogens is 150 g/mol. The van der Waals surface area contributed by atoms with Crippen molar-refractivity contribution in [3.8, 4) is 0 Å². The van der Waals surface area contributed by atoms with E-state index < -0.39 is 0 Å². The maximum atomic E-state index is 9.77. The number of hydrogen-bond acceptors (Lipinski definition) is 2. The fourth-order valence-electron chi connectivity index (χ4n) is 1.97. The zero-order valence-corrected chi connectivity index (χ0v) is 8.29. The molecule has 0 heterocycles. The number of rotatable bonds is 4. The molecule has 0 aromatic carbocycles. The molecule has 0 amide bonds. The van der Waals surface area contributed by atoms with E-state index in [1.807, 2.05) is 0 Å². The van der Waals surface area contributed by atoms with Crippen molar-refractivity contribution in [3.63, 3.8) is 0 Å². The predicted octanol–water partition coefficient (Wildman–Crippen LogP) is 1.49. The van der Waals surface area contributed by atoms with Gasteiger partial charge < -0.3 is 10.0 Å². The highest BCUT2D eigenvalue weighted by Crippen LogP contribution is 2.28. The molecule has 0 aliphatic heterocycles. The van der Waals surface area contributed by atoms with E-state index in [2.05, 4.69) is 19.0 Å². The molecule has 0 saturated heterocycles. The molecule has 0 aromatic rings. The van der Waals surface area contributed by atoms with Gasteiger partial charge >= 0.3 is 0 Å². The Morgan fingerprint density at radius 1 is 1.33 bits per heavy atom. The van der Waals surface area contributed by atoms with Gasteiger partial charge in [-0.3, -0.25) is 0 Å². The smallest absolute Gasteiger partial charge is 0.0580 e. The van der Waals surface area contributed by atoms with E-state index >= 15 is 0 Å². The van der Waals surface area contributed by atoms with Gasteiger partial charge in [0.1, 0.15) is 0 Å². The zero-order chi connectivity index (χ0) is 8.97. The Balaban J connectivity index is 2.13. The van der Waals surface area contributed by atoms with Crippen molar-refractivity contribution >= 4 is 0 Å². The van der Waals surface area contributed by atoms with Crippen LogP contribution in [0.5, 0.6) is 0 Å². The minimum absolute atomic E-state index is 0.0464. The van der Waals surface area contributed by atoms with Gasteiger partial charge in [0.2, 0.25) is 0 Å². The first-order chi connectivity index (χ1) is 5.70. The number of hydrogen-bond donors (Lipinski definition) is 1. The SMILES string of the molecule is CN(C)CCC(O)C1CCCC1. The van der Waals surface area contributed by atoms with Gasteiger partial charge in [-0.1, -0.05) is 12.8 Å². The standard InChI is InChI=1S/C10H21NO/c1-11(2)8-7-10(12)9-5-3-4-6-9/h9-10,12H,3-8H2,1-2H3. The molecule has 1 rings (SSSR count). The Bertz CT molecular complexity index is 119. The monoisotopic (exact) mass is 171 g/mol. The van der Waals surface area contributed by atoms with E-state index in [0.29, 0.717) is 5.92 Å². The average molecular weight is 171 g/mol. The topological polar surface area (TPSA) is 23.5 Å². The second-order valence-electron chi connectivity index (χ2n) is 4.20. The van der Waals surface area contributed by atoms with E-state index in [1.54, 1.807) is 0 Å². The molecule has 0 aromatic heterocycles. The van der Waals surface area contributed by atoms with Crippen LogP contribution >= 0.6 is 0 Å². The van der Waals surface area contributed by atoms with Gasteiger partial charge in [-0.15, -0.1) is 0 Å². The van der Waals surface area contributed by atoms with Crippen molar-refractivity contribution in [1.82, 2.24) is 4.90 Å². The van der Waals surface area contributed by atoms with Crippen molar-refractivity contribution in [2.75, 3.05) is 20.6 Å². The highest BCUT2D eigenvalue weighted by Gasteiger charge is 2.22. The van der Waals surface area contributed by atoms with Gasteiger partial charge in [0.05, 0.1) is 6.10 Å². The third-order valence-corrected chi connectivity index (χ3v) is 2.82. The molecule has 2 nitrogen and oxygen atoms in total. The Kier molecular flexibility index (Phi) is 4.02. The molecule has 1 N–H and O–H groups in total. The average Bonchev–Trinajstić information content (AvgIpc) is 2.51. The van der Waals surface area contributed by atoms with E-state index in [4.69, 9.17) is 0 Å². The van der Waals surface area contributed by atoms with E-state index in [-0.39, 0.29) is 6.10 Å². The van der Waals surface area contributed by atoms with Gasteiger partial charge in [-0.2, -0.15) is 0 Å². The molecule has 1 saturated carbocycles. The third kappa shape index (κ3) is 3.11. The van der Waals surface area contributed by atoms with E-state index in [1.165, 1.54) is 25.7 Å². The van der Waals surface area contributed by atoms with Crippen LogP contribution in [0.4, 0.5) is 0 Å².